The lowest BCUT2D eigenvalue weighted by Gasteiger charge is -2.24. The highest BCUT2D eigenvalue weighted by atomic mass is 32.1. The largest absolute Gasteiger partial charge is 0.330 e. The van der Waals surface area contributed by atoms with E-state index >= 15 is 0 Å². The molecule has 2 heterocycles. The Morgan fingerprint density at radius 2 is 1.96 bits per heavy atom. The maximum Gasteiger partial charge on any atom is 0.209 e. The van der Waals surface area contributed by atoms with Crippen molar-refractivity contribution in [1.29, 1.82) is 0 Å². The number of nitrogens with zero attached hydrogens (tertiary/aromatic N) is 1. The molecule has 146 valence electrons. The van der Waals surface area contributed by atoms with E-state index in [0.717, 1.165) is 49.9 Å². The lowest BCUT2D eigenvalue weighted by atomic mass is 9.81. The number of aromatic nitrogens is 1. The number of carbonyl (C=O) groups excluding carboxylic acids is 1. The quantitative estimate of drug-likeness (QED) is 0.338. The number of allylic oxidation sites excluding steroid dienone is 4. The zero-order valence-electron chi connectivity index (χ0n) is 17.4. The van der Waals surface area contributed by atoms with Crippen molar-refractivity contribution in [2.45, 2.75) is 85.6 Å². The first kappa shape index (κ1) is 20.1. The van der Waals surface area contributed by atoms with Crippen LogP contribution in [0.4, 0.5) is 0 Å². The topological polar surface area (TPSA) is 22.0 Å². The summed E-state index contributed by atoms with van der Waals surface area (Å²) >= 11 is 1.73. The molecule has 0 spiro atoms. The molecule has 2 aromatic heterocycles. The van der Waals surface area contributed by atoms with Crippen LogP contribution in [0.15, 0.2) is 39.8 Å². The van der Waals surface area contributed by atoms with Crippen LogP contribution >= 0.6 is 11.3 Å². The SMILES string of the molecule is CCCCC(C)=C(C(=O)c1cc2ccsc2n1CC)C1=C(CC)CCCC1. The van der Waals surface area contributed by atoms with Crippen LogP contribution in [0.5, 0.6) is 0 Å². The minimum atomic E-state index is 0.247. The van der Waals surface area contributed by atoms with Crippen molar-refractivity contribution in [3.05, 3.63) is 45.5 Å². The summed E-state index contributed by atoms with van der Waals surface area (Å²) in [6.07, 6.45) is 9.11. The smallest absolute Gasteiger partial charge is 0.209 e. The third kappa shape index (κ3) is 3.99. The van der Waals surface area contributed by atoms with E-state index in [9.17, 15) is 4.79 Å². The monoisotopic (exact) mass is 383 g/mol. The molecular weight excluding hydrogens is 350 g/mol. The average molecular weight is 384 g/mol. The van der Waals surface area contributed by atoms with Gasteiger partial charge in [0.2, 0.25) is 5.78 Å². The number of hydrogen-bond acceptors (Lipinski definition) is 2. The van der Waals surface area contributed by atoms with Gasteiger partial charge in [-0.1, -0.05) is 31.4 Å². The predicted molar refractivity (Wildman–Crippen MR) is 118 cm³/mol. The van der Waals surface area contributed by atoms with Gasteiger partial charge in [-0.15, -0.1) is 11.3 Å². The van der Waals surface area contributed by atoms with E-state index < -0.39 is 0 Å². The third-order valence-corrected chi connectivity index (χ3v) is 6.87. The molecule has 0 radical (unpaired) electrons. The Hall–Kier alpha value is -1.61. The lowest BCUT2D eigenvalue weighted by Crippen LogP contribution is -2.16. The maximum absolute atomic E-state index is 13.8. The minimum absolute atomic E-state index is 0.247. The molecule has 3 rings (SSSR count). The Bertz CT molecular complexity index is 877. The molecule has 0 unspecified atom stereocenters. The van der Waals surface area contributed by atoms with Crippen molar-refractivity contribution in [2.75, 3.05) is 0 Å². The molecular formula is C24H33NOS. The summed E-state index contributed by atoms with van der Waals surface area (Å²) in [6, 6.07) is 4.24. The molecule has 3 heteroatoms. The Kier molecular flexibility index (Phi) is 6.75. The van der Waals surface area contributed by atoms with Crippen LogP contribution in [0.3, 0.4) is 0 Å². The number of carbonyl (C=O) groups is 1. The molecule has 0 aromatic carbocycles. The molecule has 0 atom stereocenters. The van der Waals surface area contributed by atoms with E-state index in [1.54, 1.807) is 11.3 Å². The second-order valence-electron chi connectivity index (χ2n) is 7.69. The zero-order valence-corrected chi connectivity index (χ0v) is 18.2. The van der Waals surface area contributed by atoms with Gasteiger partial charge >= 0.3 is 0 Å². The van der Waals surface area contributed by atoms with Gasteiger partial charge in [-0.05, 0) is 81.9 Å². The molecule has 1 aliphatic carbocycles. The summed E-state index contributed by atoms with van der Waals surface area (Å²) in [5.74, 6) is 0.247. The summed E-state index contributed by atoms with van der Waals surface area (Å²) in [5, 5.41) is 3.32. The Labute approximate surface area is 168 Å². The lowest BCUT2D eigenvalue weighted by molar-refractivity contribution is 0.102. The molecule has 0 fully saturated rings. The van der Waals surface area contributed by atoms with E-state index in [1.165, 1.54) is 46.2 Å². The first-order valence-electron chi connectivity index (χ1n) is 10.6. The summed E-state index contributed by atoms with van der Waals surface area (Å²) < 4.78 is 2.21. The molecule has 2 nitrogen and oxygen atoms in total. The maximum atomic E-state index is 13.8. The number of fused-ring (bicyclic) bond motifs is 1. The van der Waals surface area contributed by atoms with E-state index in [4.69, 9.17) is 0 Å². The van der Waals surface area contributed by atoms with Crippen molar-refractivity contribution in [3.63, 3.8) is 0 Å². The number of unbranched alkanes of at least 4 members (excludes halogenated alkanes) is 1. The van der Waals surface area contributed by atoms with Crippen molar-refractivity contribution in [2.24, 2.45) is 0 Å². The highest BCUT2D eigenvalue weighted by Gasteiger charge is 2.26. The van der Waals surface area contributed by atoms with Crippen LogP contribution in [0.25, 0.3) is 10.2 Å². The summed E-state index contributed by atoms with van der Waals surface area (Å²) in [5.41, 5.74) is 6.09. The Morgan fingerprint density at radius 3 is 2.67 bits per heavy atom. The Morgan fingerprint density at radius 1 is 1.19 bits per heavy atom. The van der Waals surface area contributed by atoms with Gasteiger partial charge in [0.15, 0.2) is 0 Å². The van der Waals surface area contributed by atoms with Crippen LogP contribution in [0.2, 0.25) is 0 Å². The number of hydrogen-bond donors (Lipinski definition) is 0. The fourth-order valence-corrected chi connectivity index (χ4v) is 5.38. The number of Topliss-reactive ketones (excluding diaryl/α,β-unsaturated/α-hetero) is 1. The average Bonchev–Trinajstić information content (AvgIpc) is 3.27. The van der Waals surface area contributed by atoms with Crippen molar-refractivity contribution in [1.82, 2.24) is 4.57 Å². The van der Waals surface area contributed by atoms with Gasteiger partial charge in [0, 0.05) is 17.5 Å². The van der Waals surface area contributed by atoms with Gasteiger partial charge in [-0.3, -0.25) is 4.79 Å². The normalized spacial score (nSPS) is 16.1. The van der Waals surface area contributed by atoms with Crippen LogP contribution in [-0.4, -0.2) is 10.4 Å². The number of rotatable bonds is 8. The standard InChI is InChI=1S/C24H33NOS/c1-5-8-11-17(4)22(20-13-10-9-12-18(20)6-2)23(26)21-16-19-14-15-27-24(19)25(21)7-3/h14-16H,5-13H2,1-4H3. The van der Waals surface area contributed by atoms with Gasteiger partial charge in [0.25, 0.3) is 0 Å². The van der Waals surface area contributed by atoms with Crippen molar-refractivity contribution < 1.29 is 4.79 Å². The predicted octanol–water partition coefficient (Wildman–Crippen LogP) is 7.69. The molecule has 0 saturated heterocycles. The molecule has 1 aliphatic rings. The van der Waals surface area contributed by atoms with E-state index in [2.05, 4.69) is 49.8 Å². The highest BCUT2D eigenvalue weighted by molar-refractivity contribution is 7.16. The van der Waals surface area contributed by atoms with Crippen LogP contribution in [-0.2, 0) is 6.54 Å². The fourth-order valence-electron chi connectivity index (χ4n) is 4.42. The van der Waals surface area contributed by atoms with E-state index in [-0.39, 0.29) is 5.78 Å². The van der Waals surface area contributed by atoms with Gasteiger partial charge in [-0.2, -0.15) is 0 Å². The van der Waals surface area contributed by atoms with E-state index in [1.807, 2.05) is 0 Å². The van der Waals surface area contributed by atoms with E-state index in [0.29, 0.717) is 0 Å². The number of thiophene rings is 1. The molecule has 27 heavy (non-hydrogen) atoms. The molecule has 0 amide bonds. The van der Waals surface area contributed by atoms with Gasteiger partial charge in [-0.25, -0.2) is 0 Å². The van der Waals surface area contributed by atoms with Gasteiger partial charge in [0.1, 0.15) is 4.83 Å². The van der Waals surface area contributed by atoms with Crippen LogP contribution < -0.4 is 0 Å². The third-order valence-electron chi connectivity index (χ3n) is 5.92. The number of aryl methyl sites for hydroxylation is 1. The second kappa shape index (κ2) is 9.05. The molecule has 0 saturated carbocycles. The fraction of sp³-hybridized carbons (Fsp3) is 0.542. The first-order chi connectivity index (χ1) is 13.1. The summed E-state index contributed by atoms with van der Waals surface area (Å²) in [4.78, 5) is 15.1. The first-order valence-corrected chi connectivity index (χ1v) is 11.5. The van der Waals surface area contributed by atoms with Crippen LogP contribution in [0, 0.1) is 0 Å². The molecule has 0 N–H and O–H groups in total. The summed E-state index contributed by atoms with van der Waals surface area (Å²) in [6.45, 7) is 9.64. The minimum Gasteiger partial charge on any atom is -0.330 e. The van der Waals surface area contributed by atoms with Gasteiger partial charge in [0.05, 0.1) is 5.69 Å². The van der Waals surface area contributed by atoms with Crippen molar-refractivity contribution >= 4 is 27.3 Å². The molecule has 2 aromatic rings. The van der Waals surface area contributed by atoms with Crippen LogP contribution in [0.1, 0.15) is 89.5 Å². The molecule has 0 aliphatic heterocycles. The number of ketones is 1. The molecule has 0 bridgehead atoms. The van der Waals surface area contributed by atoms with Gasteiger partial charge < -0.3 is 4.57 Å². The zero-order chi connectivity index (χ0) is 19.4. The Balaban J connectivity index is 2.13. The summed E-state index contributed by atoms with van der Waals surface area (Å²) in [7, 11) is 0. The highest BCUT2D eigenvalue weighted by Crippen LogP contribution is 2.37. The second-order valence-corrected chi connectivity index (χ2v) is 8.58. The van der Waals surface area contributed by atoms with Crippen molar-refractivity contribution in [3.8, 4) is 0 Å².